The Labute approximate surface area is 101 Å². The lowest BCUT2D eigenvalue weighted by Crippen LogP contribution is -2.57. The van der Waals surface area contributed by atoms with Crippen LogP contribution in [0.4, 0.5) is 0 Å². The molecule has 17 heavy (non-hydrogen) atoms. The van der Waals surface area contributed by atoms with E-state index in [1.807, 2.05) is 23.1 Å². The molecule has 0 N–H and O–H groups in total. The van der Waals surface area contributed by atoms with Gasteiger partial charge in [0.2, 0.25) is 5.91 Å². The average Bonchev–Trinajstić information content (AvgIpc) is 2.40. The van der Waals surface area contributed by atoms with Crippen molar-refractivity contribution in [1.82, 2.24) is 4.90 Å². The Hall–Kier alpha value is -1.35. The number of fused-ring (bicyclic) bond motifs is 1. The largest absolute Gasteiger partial charge is 0.351 e. The molecule has 0 spiro atoms. The van der Waals surface area contributed by atoms with Crippen LogP contribution in [0.15, 0.2) is 30.3 Å². The lowest BCUT2D eigenvalue weighted by atomic mass is 9.89. The first kappa shape index (κ1) is 10.8. The predicted molar refractivity (Wildman–Crippen MR) is 64.3 cm³/mol. The third-order valence-corrected chi connectivity index (χ3v) is 3.74. The van der Waals surface area contributed by atoms with Crippen molar-refractivity contribution >= 4 is 5.91 Å². The number of carbonyl (C=O) groups excluding carboxylic acids is 1. The number of benzene rings is 1. The van der Waals surface area contributed by atoms with Crippen molar-refractivity contribution in [3.63, 3.8) is 0 Å². The molecule has 3 rings (SSSR count). The summed E-state index contributed by atoms with van der Waals surface area (Å²) in [5, 5.41) is 0. The summed E-state index contributed by atoms with van der Waals surface area (Å²) in [7, 11) is 0. The zero-order valence-electron chi connectivity index (χ0n) is 9.89. The molecule has 1 aromatic carbocycles. The molecule has 2 aliphatic rings. The lowest BCUT2D eigenvalue weighted by Gasteiger charge is -2.49. The van der Waals surface area contributed by atoms with Crippen molar-refractivity contribution in [2.24, 2.45) is 0 Å². The van der Waals surface area contributed by atoms with Gasteiger partial charge in [-0.2, -0.15) is 0 Å². The van der Waals surface area contributed by atoms with Gasteiger partial charge in [-0.25, -0.2) is 0 Å². The van der Waals surface area contributed by atoms with E-state index < -0.39 is 5.72 Å². The SMILES string of the molecule is O=C1CCC[C@@]2(c3ccccc3)OCCCN12. The van der Waals surface area contributed by atoms with Gasteiger partial charge in [0.05, 0.1) is 6.61 Å². The van der Waals surface area contributed by atoms with Crippen LogP contribution in [0, 0.1) is 0 Å². The Balaban J connectivity index is 2.04. The van der Waals surface area contributed by atoms with E-state index in [9.17, 15) is 4.79 Å². The van der Waals surface area contributed by atoms with Gasteiger partial charge in [0.25, 0.3) is 0 Å². The van der Waals surface area contributed by atoms with E-state index in [0.29, 0.717) is 6.42 Å². The highest BCUT2D eigenvalue weighted by Gasteiger charge is 2.46. The molecule has 1 amide bonds. The summed E-state index contributed by atoms with van der Waals surface area (Å²) in [6.07, 6.45) is 3.45. The van der Waals surface area contributed by atoms with Crippen LogP contribution in [-0.4, -0.2) is 24.0 Å². The molecular weight excluding hydrogens is 214 g/mol. The Bertz CT molecular complexity index is 413. The Morgan fingerprint density at radius 2 is 2.00 bits per heavy atom. The Morgan fingerprint density at radius 1 is 1.18 bits per heavy atom. The number of hydrogen-bond donors (Lipinski definition) is 0. The zero-order chi connectivity index (χ0) is 11.7. The maximum atomic E-state index is 12.1. The summed E-state index contributed by atoms with van der Waals surface area (Å²) < 4.78 is 6.03. The first-order chi connectivity index (χ1) is 8.33. The molecule has 0 unspecified atom stereocenters. The summed E-state index contributed by atoms with van der Waals surface area (Å²) in [4.78, 5) is 14.0. The molecule has 0 saturated carbocycles. The minimum Gasteiger partial charge on any atom is -0.351 e. The minimum atomic E-state index is -0.477. The molecule has 3 nitrogen and oxygen atoms in total. The fourth-order valence-corrected chi connectivity index (χ4v) is 2.95. The van der Waals surface area contributed by atoms with Crippen molar-refractivity contribution in [1.29, 1.82) is 0 Å². The molecule has 2 fully saturated rings. The molecule has 90 valence electrons. The highest BCUT2D eigenvalue weighted by molar-refractivity contribution is 5.78. The minimum absolute atomic E-state index is 0.236. The Morgan fingerprint density at radius 3 is 2.82 bits per heavy atom. The maximum Gasteiger partial charge on any atom is 0.225 e. The number of amides is 1. The van der Waals surface area contributed by atoms with E-state index in [1.54, 1.807) is 0 Å². The highest BCUT2D eigenvalue weighted by atomic mass is 16.5. The number of rotatable bonds is 1. The van der Waals surface area contributed by atoms with Crippen molar-refractivity contribution in [2.75, 3.05) is 13.2 Å². The van der Waals surface area contributed by atoms with Crippen molar-refractivity contribution in [3.05, 3.63) is 35.9 Å². The molecule has 3 heteroatoms. The second-order valence-corrected chi connectivity index (χ2v) is 4.75. The van der Waals surface area contributed by atoms with Gasteiger partial charge < -0.3 is 9.64 Å². The van der Waals surface area contributed by atoms with Gasteiger partial charge in [-0.1, -0.05) is 30.3 Å². The van der Waals surface area contributed by atoms with Crippen LogP contribution in [-0.2, 0) is 15.3 Å². The van der Waals surface area contributed by atoms with Crippen LogP contribution in [0.3, 0.4) is 0 Å². The summed E-state index contributed by atoms with van der Waals surface area (Å²) in [6, 6.07) is 10.2. The second-order valence-electron chi connectivity index (χ2n) is 4.75. The van der Waals surface area contributed by atoms with Gasteiger partial charge in [0, 0.05) is 24.9 Å². The van der Waals surface area contributed by atoms with Gasteiger partial charge in [-0.05, 0) is 12.8 Å². The van der Waals surface area contributed by atoms with Crippen LogP contribution in [0.2, 0.25) is 0 Å². The van der Waals surface area contributed by atoms with E-state index in [-0.39, 0.29) is 5.91 Å². The number of ether oxygens (including phenoxy) is 1. The summed E-state index contributed by atoms with van der Waals surface area (Å²) in [5.41, 5.74) is 0.641. The standard InChI is InChI=1S/C14H17NO2/c16-13-8-4-9-14(12-6-2-1-3-7-12)15(13)10-5-11-17-14/h1-3,6-7H,4-5,8-11H2/t14-/m0/s1. The molecule has 1 atom stereocenters. The zero-order valence-corrected chi connectivity index (χ0v) is 9.89. The van der Waals surface area contributed by atoms with Gasteiger partial charge in [-0.3, -0.25) is 4.79 Å². The molecule has 0 aliphatic carbocycles. The lowest BCUT2D eigenvalue weighted by molar-refractivity contribution is -0.213. The summed E-state index contributed by atoms with van der Waals surface area (Å²) >= 11 is 0. The molecule has 2 aliphatic heterocycles. The number of piperidine rings is 1. The van der Waals surface area contributed by atoms with Crippen molar-refractivity contribution in [3.8, 4) is 0 Å². The second kappa shape index (κ2) is 4.15. The fraction of sp³-hybridized carbons (Fsp3) is 0.500. The fourth-order valence-electron chi connectivity index (χ4n) is 2.95. The molecule has 0 bridgehead atoms. The summed E-state index contributed by atoms with van der Waals surface area (Å²) in [5.74, 6) is 0.236. The van der Waals surface area contributed by atoms with Gasteiger partial charge >= 0.3 is 0 Å². The number of hydrogen-bond acceptors (Lipinski definition) is 2. The maximum absolute atomic E-state index is 12.1. The third-order valence-electron chi connectivity index (χ3n) is 3.74. The predicted octanol–water partition coefficient (Wildman–Crippen LogP) is 2.27. The topological polar surface area (TPSA) is 29.5 Å². The first-order valence-electron chi connectivity index (χ1n) is 6.33. The van der Waals surface area contributed by atoms with E-state index in [4.69, 9.17) is 4.74 Å². The van der Waals surface area contributed by atoms with Crippen LogP contribution in [0.25, 0.3) is 0 Å². The third kappa shape index (κ3) is 1.65. The van der Waals surface area contributed by atoms with E-state index >= 15 is 0 Å². The van der Waals surface area contributed by atoms with E-state index in [0.717, 1.165) is 38.0 Å². The van der Waals surface area contributed by atoms with Gasteiger partial charge in [0.1, 0.15) is 0 Å². The molecule has 0 aromatic heterocycles. The van der Waals surface area contributed by atoms with Crippen LogP contribution < -0.4 is 0 Å². The number of nitrogens with zero attached hydrogens (tertiary/aromatic N) is 1. The van der Waals surface area contributed by atoms with E-state index in [1.165, 1.54) is 0 Å². The van der Waals surface area contributed by atoms with E-state index in [2.05, 4.69) is 12.1 Å². The molecule has 2 heterocycles. The average molecular weight is 231 g/mol. The summed E-state index contributed by atoms with van der Waals surface area (Å²) in [6.45, 7) is 1.58. The van der Waals surface area contributed by atoms with Gasteiger partial charge in [-0.15, -0.1) is 0 Å². The normalized spacial score (nSPS) is 28.9. The Kier molecular flexibility index (Phi) is 2.63. The first-order valence-corrected chi connectivity index (χ1v) is 6.33. The molecular formula is C14H17NO2. The van der Waals surface area contributed by atoms with Crippen LogP contribution in [0.1, 0.15) is 31.2 Å². The monoisotopic (exact) mass is 231 g/mol. The van der Waals surface area contributed by atoms with Crippen molar-refractivity contribution in [2.45, 2.75) is 31.4 Å². The van der Waals surface area contributed by atoms with Gasteiger partial charge in [0.15, 0.2) is 5.72 Å². The smallest absolute Gasteiger partial charge is 0.225 e. The highest BCUT2D eigenvalue weighted by Crippen LogP contribution is 2.41. The van der Waals surface area contributed by atoms with Crippen LogP contribution in [0.5, 0.6) is 0 Å². The van der Waals surface area contributed by atoms with Crippen molar-refractivity contribution < 1.29 is 9.53 Å². The molecule has 1 aromatic rings. The van der Waals surface area contributed by atoms with Crippen LogP contribution >= 0.6 is 0 Å². The quantitative estimate of drug-likeness (QED) is 0.742. The molecule has 2 saturated heterocycles. The number of carbonyl (C=O) groups is 1. The molecule has 0 radical (unpaired) electrons.